The first-order valence-electron chi connectivity index (χ1n) is 6.38. The van der Waals surface area contributed by atoms with E-state index in [4.69, 9.17) is 0 Å². The zero-order valence-corrected chi connectivity index (χ0v) is 11.8. The Morgan fingerprint density at radius 3 is 1.94 bits per heavy atom. The molecule has 1 unspecified atom stereocenters. The van der Waals surface area contributed by atoms with Crippen molar-refractivity contribution in [2.45, 2.75) is 66.2 Å². The third-order valence-electron chi connectivity index (χ3n) is 4.72. The standard InChI is InChI=1S/C16H24/c1-9-8-16(6,7)15-13(5)11(3)10(2)12(4)14(9)15/h9H,8H2,1-7H3. The van der Waals surface area contributed by atoms with Crippen molar-refractivity contribution < 1.29 is 0 Å². The van der Waals surface area contributed by atoms with Crippen LogP contribution in [-0.2, 0) is 5.41 Å². The summed E-state index contributed by atoms with van der Waals surface area (Å²) >= 11 is 0. The molecule has 2 rings (SSSR count). The Hall–Kier alpha value is -0.780. The van der Waals surface area contributed by atoms with Crippen molar-refractivity contribution in [2.75, 3.05) is 0 Å². The molecule has 1 aromatic carbocycles. The monoisotopic (exact) mass is 216 g/mol. The molecule has 16 heavy (non-hydrogen) atoms. The average Bonchev–Trinajstić information content (AvgIpc) is 2.42. The third kappa shape index (κ3) is 1.35. The Morgan fingerprint density at radius 2 is 1.38 bits per heavy atom. The van der Waals surface area contributed by atoms with Crippen LogP contribution >= 0.6 is 0 Å². The number of hydrogen-bond donors (Lipinski definition) is 0. The first kappa shape index (κ1) is 11.7. The molecule has 0 saturated heterocycles. The van der Waals surface area contributed by atoms with Crippen molar-refractivity contribution in [3.63, 3.8) is 0 Å². The van der Waals surface area contributed by atoms with E-state index in [0.29, 0.717) is 5.41 Å². The van der Waals surface area contributed by atoms with Crippen LogP contribution in [0.2, 0.25) is 0 Å². The van der Waals surface area contributed by atoms with E-state index in [1.54, 1.807) is 11.1 Å². The summed E-state index contributed by atoms with van der Waals surface area (Å²) in [6, 6.07) is 0. The Labute approximate surface area is 100 Å². The highest BCUT2D eigenvalue weighted by molar-refractivity contribution is 5.56. The number of hydrogen-bond acceptors (Lipinski definition) is 0. The lowest BCUT2D eigenvalue weighted by atomic mass is 9.80. The normalized spacial score (nSPS) is 22.3. The largest absolute Gasteiger partial charge is 0.0584 e. The predicted octanol–water partition coefficient (Wildman–Crippen LogP) is 4.71. The van der Waals surface area contributed by atoms with Gasteiger partial charge in [0, 0.05) is 0 Å². The molecule has 0 amide bonds. The maximum Gasteiger partial charge on any atom is -0.00922 e. The van der Waals surface area contributed by atoms with Crippen LogP contribution in [0.4, 0.5) is 0 Å². The molecule has 1 aromatic rings. The summed E-state index contributed by atoms with van der Waals surface area (Å²) in [5.74, 6) is 0.725. The molecule has 0 radical (unpaired) electrons. The van der Waals surface area contributed by atoms with Crippen molar-refractivity contribution in [2.24, 2.45) is 0 Å². The minimum Gasteiger partial charge on any atom is -0.0584 e. The van der Waals surface area contributed by atoms with Crippen molar-refractivity contribution in [1.29, 1.82) is 0 Å². The van der Waals surface area contributed by atoms with Gasteiger partial charge in [0.15, 0.2) is 0 Å². The zero-order valence-electron chi connectivity index (χ0n) is 11.8. The van der Waals surface area contributed by atoms with Gasteiger partial charge >= 0.3 is 0 Å². The van der Waals surface area contributed by atoms with Gasteiger partial charge in [0.05, 0.1) is 0 Å². The van der Waals surface area contributed by atoms with Crippen LogP contribution in [-0.4, -0.2) is 0 Å². The zero-order chi connectivity index (χ0) is 12.2. The highest BCUT2D eigenvalue weighted by atomic mass is 14.4. The van der Waals surface area contributed by atoms with E-state index in [1.165, 1.54) is 28.7 Å². The smallest absolute Gasteiger partial charge is 0.00922 e. The molecular formula is C16H24. The maximum atomic E-state index is 2.40. The van der Waals surface area contributed by atoms with Crippen molar-refractivity contribution in [1.82, 2.24) is 0 Å². The Bertz CT molecular complexity index is 450. The number of benzene rings is 1. The van der Waals surface area contributed by atoms with Gasteiger partial charge in [0.2, 0.25) is 0 Å². The summed E-state index contributed by atoms with van der Waals surface area (Å²) in [6.07, 6.45) is 1.30. The Balaban J connectivity index is 2.86. The van der Waals surface area contributed by atoms with Gasteiger partial charge in [-0.3, -0.25) is 0 Å². The van der Waals surface area contributed by atoms with E-state index in [2.05, 4.69) is 48.5 Å². The summed E-state index contributed by atoms with van der Waals surface area (Å²) < 4.78 is 0. The summed E-state index contributed by atoms with van der Waals surface area (Å²) in [5.41, 5.74) is 9.72. The van der Waals surface area contributed by atoms with Crippen LogP contribution in [0.1, 0.15) is 66.5 Å². The summed E-state index contributed by atoms with van der Waals surface area (Å²) in [5, 5.41) is 0. The molecule has 88 valence electrons. The second-order valence-electron chi connectivity index (χ2n) is 6.28. The van der Waals surface area contributed by atoms with E-state index in [9.17, 15) is 0 Å². The second kappa shape index (κ2) is 3.35. The fraction of sp³-hybridized carbons (Fsp3) is 0.625. The fourth-order valence-corrected chi connectivity index (χ4v) is 3.80. The molecule has 0 nitrogen and oxygen atoms in total. The number of fused-ring (bicyclic) bond motifs is 1. The van der Waals surface area contributed by atoms with E-state index < -0.39 is 0 Å². The van der Waals surface area contributed by atoms with Crippen LogP contribution in [0.3, 0.4) is 0 Å². The van der Waals surface area contributed by atoms with Gasteiger partial charge in [-0.15, -0.1) is 0 Å². The second-order valence-corrected chi connectivity index (χ2v) is 6.28. The van der Waals surface area contributed by atoms with Crippen LogP contribution < -0.4 is 0 Å². The quantitative estimate of drug-likeness (QED) is 0.589. The topological polar surface area (TPSA) is 0 Å². The Morgan fingerprint density at radius 1 is 0.875 bits per heavy atom. The van der Waals surface area contributed by atoms with Gasteiger partial charge < -0.3 is 0 Å². The van der Waals surface area contributed by atoms with E-state index in [1.807, 2.05) is 0 Å². The highest BCUT2D eigenvalue weighted by Gasteiger charge is 2.37. The molecule has 0 spiro atoms. The van der Waals surface area contributed by atoms with E-state index >= 15 is 0 Å². The lowest BCUT2D eigenvalue weighted by Gasteiger charge is -2.24. The molecule has 0 N–H and O–H groups in total. The lowest BCUT2D eigenvalue weighted by Crippen LogP contribution is -2.15. The van der Waals surface area contributed by atoms with Gasteiger partial charge in [0.25, 0.3) is 0 Å². The maximum absolute atomic E-state index is 2.40. The van der Waals surface area contributed by atoms with E-state index in [-0.39, 0.29) is 0 Å². The molecule has 0 fully saturated rings. The molecule has 0 heteroatoms. The van der Waals surface area contributed by atoms with Crippen molar-refractivity contribution in [3.05, 3.63) is 33.4 Å². The van der Waals surface area contributed by atoms with Crippen molar-refractivity contribution >= 4 is 0 Å². The van der Waals surface area contributed by atoms with Crippen LogP contribution in [0.5, 0.6) is 0 Å². The average molecular weight is 216 g/mol. The molecule has 1 atom stereocenters. The van der Waals surface area contributed by atoms with Crippen molar-refractivity contribution in [3.8, 4) is 0 Å². The minimum atomic E-state index is 0.363. The highest BCUT2D eigenvalue weighted by Crippen LogP contribution is 2.49. The van der Waals surface area contributed by atoms with Crippen LogP contribution in [0.15, 0.2) is 0 Å². The molecule has 0 aliphatic heterocycles. The molecule has 0 heterocycles. The van der Waals surface area contributed by atoms with Crippen LogP contribution in [0, 0.1) is 27.7 Å². The van der Waals surface area contributed by atoms with Gasteiger partial charge in [-0.05, 0) is 78.8 Å². The Kier molecular flexibility index (Phi) is 2.45. The third-order valence-corrected chi connectivity index (χ3v) is 4.72. The van der Waals surface area contributed by atoms with Gasteiger partial charge in [0.1, 0.15) is 0 Å². The summed E-state index contributed by atoms with van der Waals surface area (Å²) in [7, 11) is 0. The first-order chi connectivity index (χ1) is 7.27. The van der Waals surface area contributed by atoms with E-state index in [0.717, 1.165) is 5.92 Å². The molecular weight excluding hydrogens is 192 g/mol. The lowest BCUT2D eigenvalue weighted by molar-refractivity contribution is 0.487. The van der Waals surface area contributed by atoms with Gasteiger partial charge in [-0.2, -0.15) is 0 Å². The predicted molar refractivity (Wildman–Crippen MR) is 71.4 cm³/mol. The minimum absolute atomic E-state index is 0.363. The molecule has 1 aliphatic carbocycles. The van der Waals surface area contributed by atoms with Gasteiger partial charge in [-0.25, -0.2) is 0 Å². The fourth-order valence-electron chi connectivity index (χ4n) is 3.80. The molecule has 0 bridgehead atoms. The molecule has 1 aliphatic rings. The molecule has 0 saturated carbocycles. The molecule has 0 aromatic heterocycles. The van der Waals surface area contributed by atoms with Crippen LogP contribution in [0.25, 0.3) is 0 Å². The number of rotatable bonds is 0. The SMILES string of the molecule is Cc1c(C)c(C)c2c(c1C)C(C)CC2(C)C. The van der Waals surface area contributed by atoms with Gasteiger partial charge in [-0.1, -0.05) is 20.8 Å². The first-order valence-corrected chi connectivity index (χ1v) is 6.38. The summed E-state index contributed by atoms with van der Waals surface area (Å²) in [6.45, 7) is 16.3. The summed E-state index contributed by atoms with van der Waals surface area (Å²) in [4.78, 5) is 0.